The van der Waals surface area contributed by atoms with Crippen LogP contribution in [0.25, 0.3) is 0 Å². The van der Waals surface area contributed by atoms with E-state index < -0.39 is 6.10 Å². The van der Waals surface area contributed by atoms with E-state index in [-0.39, 0.29) is 31.1 Å². The van der Waals surface area contributed by atoms with Gasteiger partial charge in [0.1, 0.15) is 13.2 Å². The maximum Gasteiger partial charge on any atom is 0.306 e. The maximum atomic E-state index is 12.9. The van der Waals surface area contributed by atoms with Gasteiger partial charge in [-0.05, 0) is 103 Å². The third-order valence-electron chi connectivity index (χ3n) is 14.3. The van der Waals surface area contributed by atoms with Gasteiger partial charge in [-0.15, -0.1) is 0 Å². The van der Waals surface area contributed by atoms with Crippen LogP contribution in [0, 0.1) is 0 Å². The summed E-state index contributed by atoms with van der Waals surface area (Å²) in [6.07, 6.45) is 88.6. The number of rotatable bonds is 60. The van der Waals surface area contributed by atoms with E-state index >= 15 is 0 Å². The molecule has 0 aliphatic rings. The molecule has 0 aliphatic heterocycles. The average Bonchev–Trinajstić information content (AvgIpc) is 3.44. The number of ether oxygens (including phenoxy) is 3. The van der Waals surface area contributed by atoms with Crippen molar-refractivity contribution in [2.45, 2.75) is 329 Å². The van der Waals surface area contributed by atoms with Crippen molar-refractivity contribution in [3.05, 3.63) is 97.2 Å². The number of hydrogen-bond acceptors (Lipinski definition) is 6. The van der Waals surface area contributed by atoms with E-state index in [9.17, 15) is 14.4 Å². The molecule has 0 amide bonds. The van der Waals surface area contributed by atoms with Gasteiger partial charge >= 0.3 is 17.9 Å². The van der Waals surface area contributed by atoms with Crippen molar-refractivity contribution in [2.75, 3.05) is 13.2 Å². The van der Waals surface area contributed by atoms with Gasteiger partial charge in [-0.25, -0.2) is 0 Å². The van der Waals surface area contributed by atoms with Crippen LogP contribution in [0.1, 0.15) is 323 Å². The quantitative estimate of drug-likeness (QED) is 0.0261. The van der Waals surface area contributed by atoms with Gasteiger partial charge in [0, 0.05) is 19.3 Å². The molecule has 448 valence electrons. The molecule has 0 aromatic rings. The minimum absolute atomic E-state index is 0.0763. The van der Waals surface area contributed by atoms with Gasteiger partial charge in [-0.2, -0.15) is 0 Å². The largest absolute Gasteiger partial charge is 0.462 e. The van der Waals surface area contributed by atoms with E-state index in [4.69, 9.17) is 14.2 Å². The number of allylic oxidation sites excluding steroid dienone is 16. The van der Waals surface area contributed by atoms with Crippen molar-refractivity contribution < 1.29 is 28.6 Å². The van der Waals surface area contributed by atoms with Crippen molar-refractivity contribution in [1.29, 1.82) is 0 Å². The molecule has 0 aromatic heterocycles. The highest BCUT2D eigenvalue weighted by Gasteiger charge is 2.19. The Bertz CT molecular complexity index is 1530. The molecule has 0 saturated heterocycles. The Morgan fingerprint density at radius 2 is 0.500 bits per heavy atom. The van der Waals surface area contributed by atoms with Gasteiger partial charge in [0.05, 0.1) is 0 Å². The van der Waals surface area contributed by atoms with Gasteiger partial charge in [0.15, 0.2) is 6.10 Å². The van der Waals surface area contributed by atoms with Gasteiger partial charge in [-0.1, -0.05) is 298 Å². The molecule has 0 radical (unpaired) electrons. The molecule has 0 fully saturated rings. The number of carbonyl (C=O) groups excluding carboxylic acids is 3. The summed E-state index contributed by atoms with van der Waals surface area (Å²) < 4.78 is 16.9. The first-order chi connectivity index (χ1) is 38.5. The Morgan fingerprint density at radius 3 is 0.795 bits per heavy atom. The van der Waals surface area contributed by atoms with Crippen LogP contribution < -0.4 is 0 Å². The molecule has 78 heavy (non-hydrogen) atoms. The molecule has 0 bridgehead atoms. The fourth-order valence-electron chi connectivity index (χ4n) is 9.36. The second-order valence-electron chi connectivity index (χ2n) is 22.0. The minimum Gasteiger partial charge on any atom is -0.462 e. The minimum atomic E-state index is -0.778. The summed E-state index contributed by atoms with van der Waals surface area (Å²) in [5.41, 5.74) is 0. The SMILES string of the molecule is CC/C=C\C/C=C\C/C=C\C/C=C\C/C=C\C/C=C\C/C=C\CCCCCCCCCCCCCCCC(=O)OCC(COC(=O)CCCCCCCCCCCC)OC(=O)CCCCCCC/C=C\CCCCCCCC. The second-order valence-corrected chi connectivity index (χ2v) is 22.0. The van der Waals surface area contributed by atoms with E-state index in [1.807, 2.05) is 0 Å². The van der Waals surface area contributed by atoms with Crippen molar-refractivity contribution in [2.24, 2.45) is 0 Å². The Kier molecular flexibility index (Phi) is 62.7. The smallest absolute Gasteiger partial charge is 0.306 e. The zero-order valence-electron chi connectivity index (χ0n) is 51.4. The molecule has 6 heteroatoms. The Hall–Kier alpha value is -3.67. The van der Waals surface area contributed by atoms with Crippen LogP contribution in [-0.4, -0.2) is 37.2 Å². The van der Waals surface area contributed by atoms with Gasteiger partial charge in [0.2, 0.25) is 0 Å². The molecule has 0 spiro atoms. The molecule has 0 rings (SSSR count). The molecule has 6 nitrogen and oxygen atoms in total. The van der Waals surface area contributed by atoms with E-state index in [1.165, 1.54) is 167 Å². The molecule has 1 atom stereocenters. The Labute approximate surface area is 483 Å². The predicted octanol–water partition coefficient (Wildman–Crippen LogP) is 22.8. The second kappa shape index (κ2) is 65.8. The zero-order valence-corrected chi connectivity index (χ0v) is 51.4. The number of hydrogen-bond donors (Lipinski definition) is 0. The number of esters is 3. The average molecular weight is 1090 g/mol. The summed E-state index contributed by atoms with van der Waals surface area (Å²) in [5.74, 6) is -0.876. The first kappa shape index (κ1) is 74.3. The lowest BCUT2D eigenvalue weighted by Gasteiger charge is -2.18. The monoisotopic (exact) mass is 1080 g/mol. The lowest BCUT2D eigenvalue weighted by Crippen LogP contribution is -2.30. The lowest BCUT2D eigenvalue weighted by molar-refractivity contribution is -0.167. The molecule has 0 aliphatic carbocycles. The Morgan fingerprint density at radius 1 is 0.269 bits per heavy atom. The van der Waals surface area contributed by atoms with Gasteiger partial charge < -0.3 is 14.2 Å². The van der Waals surface area contributed by atoms with E-state index in [2.05, 4.69) is 118 Å². The van der Waals surface area contributed by atoms with Crippen LogP contribution in [-0.2, 0) is 28.6 Å². The van der Waals surface area contributed by atoms with Crippen molar-refractivity contribution in [1.82, 2.24) is 0 Å². The van der Waals surface area contributed by atoms with E-state index in [0.717, 1.165) is 116 Å². The van der Waals surface area contributed by atoms with Crippen LogP contribution in [0.15, 0.2) is 97.2 Å². The van der Waals surface area contributed by atoms with Crippen molar-refractivity contribution in [3.63, 3.8) is 0 Å². The first-order valence-corrected chi connectivity index (χ1v) is 33.2. The predicted molar refractivity (Wildman–Crippen MR) is 339 cm³/mol. The summed E-state index contributed by atoms with van der Waals surface area (Å²) in [4.78, 5) is 38.2. The Balaban J connectivity index is 4.11. The van der Waals surface area contributed by atoms with Crippen LogP contribution in [0.3, 0.4) is 0 Å². The van der Waals surface area contributed by atoms with Gasteiger partial charge in [-0.3, -0.25) is 14.4 Å². The fourth-order valence-corrected chi connectivity index (χ4v) is 9.36. The first-order valence-electron chi connectivity index (χ1n) is 33.2. The third kappa shape index (κ3) is 63.2. The van der Waals surface area contributed by atoms with Crippen molar-refractivity contribution in [3.8, 4) is 0 Å². The van der Waals surface area contributed by atoms with Crippen LogP contribution >= 0.6 is 0 Å². The normalized spacial score (nSPS) is 12.7. The maximum absolute atomic E-state index is 12.9. The van der Waals surface area contributed by atoms with E-state index in [1.54, 1.807) is 0 Å². The lowest BCUT2D eigenvalue weighted by atomic mass is 10.0. The van der Waals surface area contributed by atoms with Crippen molar-refractivity contribution >= 4 is 17.9 Å². The fraction of sp³-hybridized carbons (Fsp3) is 0.736. The summed E-state index contributed by atoms with van der Waals surface area (Å²) in [6.45, 7) is 6.52. The van der Waals surface area contributed by atoms with Gasteiger partial charge in [0.25, 0.3) is 0 Å². The molecule has 0 N–H and O–H groups in total. The molecular weight excluding hydrogens is 961 g/mol. The third-order valence-corrected chi connectivity index (χ3v) is 14.3. The molecule has 0 heterocycles. The van der Waals surface area contributed by atoms with E-state index in [0.29, 0.717) is 19.3 Å². The topological polar surface area (TPSA) is 78.9 Å². The van der Waals surface area contributed by atoms with Crippen LogP contribution in [0.5, 0.6) is 0 Å². The molecule has 0 aromatic carbocycles. The zero-order chi connectivity index (χ0) is 56.4. The molecule has 0 saturated carbocycles. The summed E-state index contributed by atoms with van der Waals surface area (Å²) in [6, 6.07) is 0. The van der Waals surface area contributed by atoms with Crippen LogP contribution in [0.2, 0.25) is 0 Å². The highest BCUT2D eigenvalue weighted by molar-refractivity contribution is 5.71. The standard InChI is InChI=1S/C72H124O6/c1-4-7-10-13-16-19-22-24-26-27-28-29-30-31-32-33-34-35-36-37-38-39-40-41-42-43-44-45-47-48-50-53-56-59-62-65-71(74)77-68-69(67-76-70(73)64-61-58-55-52-21-18-15-12-9-6-3)78-72(75)66-63-60-57-54-51-49-46-25-23-20-17-14-11-8-5-2/h7,10,16,19,24-26,28-29,31-32,34-35,37-38,46,69H,4-6,8-9,11-15,17-18,20-23,27,30,33,36,39-45,47-68H2,1-3H3/b10-7-,19-16-,26-24-,29-28-,32-31-,35-34-,38-37-,46-25-. The molecule has 1 unspecified atom stereocenters. The summed E-state index contributed by atoms with van der Waals surface area (Å²) >= 11 is 0. The molecular formula is C72H124O6. The highest BCUT2D eigenvalue weighted by atomic mass is 16.6. The highest BCUT2D eigenvalue weighted by Crippen LogP contribution is 2.16. The van der Waals surface area contributed by atoms with Crippen LogP contribution in [0.4, 0.5) is 0 Å². The number of carbonyl (C=O) groups is 3. The number of unbranched alkanes of at least 4 members (excludes halogenated alkanes) is 33. The summed E-state index contributed by atoms with van der Waals surface area (Å²) in [5, 5.41) is 0. The summed E-state index contributed by atoms with van der Waals surface area (Å²) in [7, 11) is 0.